The van der Waals surface area contributed by atoms with Gasteiger partial charge in [0, 0.05) is 10.9 Å². The minimum atomic E-state index is -0.595. The first-order valence-corrected chi connectivity index (χ1v) is 5.23. The van der Waals surface area contributed by atoms with Crippen LogP contribution in [0.5, 0.6) is 0 Å². The Morgan fingerprint density at radius 2 is 2.41 bits per heavy atom. The van der Waals surface area contributed by atoms with Crippen molar-refractivity contribution in [2.24, 2.45) is 0 Å². The number of halogens is 1. The number of aliphatic hydroxyl groups is 1. The molecule has 0 saturated heterocycles. The number of aromatic nitrogens is 2. The fourth-order valence-corrected chi connectivity index (χ4v) is 2.12. The normalized spacial score (nSPS) is 18.5. The van der Waals surface area contributed by atoms with Gasteiger partial charge in [0.25, 0.3) is 0 Å². The maximum absolute atomic E-state index is 14.0. The van der Waals surface area contributed by atoms with Gasteiger partial charge in [0.15, 0.2) is 5.82 Å². The van der Waals surface area contributed by atoms with Crippen LogP contribution in [0.3, 0.4) is 0 Å². The highest BCUT2D eigenvalue weighted by molar-refractivity contribution is 6.06. The molecule has 3 rings (SSSR count). The van der Waals surface area contributed by atoms with E-state index < -0.39 is 18.5 Å². The molecule has 0 bridgehead atoms. The number of benzene rings is 1. The number of amides is 1. The fraction of sp³-hybridized carbons (Fsp3) is 0.273. The molecular weight excluding hydrogens is 225 g/mol. The zero-order valence-electron chi connectivity index (χ0n) is 9.07. The third kappa shape index (κ3) is 1.21. The highest BCUT2D eigenvalue weighted by atomic mass is 19.1. The molecule has 0 radical (unpaired) electrons. The van der Waals surface area contributed by atoms with Gasteiger partial charge in [-0.3, -0.25) is 9.48 Å². The van der Waals surface area contributed by atoms with Crippen molar-refractivity contribution in [1.82, 2.24) is 9.78 Å². The Labute approximate surface area is 95.8 Å². The van der Waals surface area contributed by atoms with Crippen molar-refractivity contribution in [2.75, 3.05) is 5.32 Å². The summed E-state index contributed by atoms with van der Waals surface area (Å²) in [5.41, 5.74) is 0.820. The molecule has 1 aliphatic heterocycles. The standard InChI is InChI=1S/C11H10FN3O2/c1-5-11(17)14-9-8(12)7(4-16)2-6-3-13-15(5)10(6)9/h2-3,5,16H,4H2,1H3,(H,14,17)/t5-/m1/s1. The topological polar surface area (TPSA) is 67.2 Å². The van der Waals surface area contributed by atoms with Crippen molar-refractivity contribution < 1.29 is 14.3 Å². The van der Waals surface area contributed by atoms with Gasteiger partial charge in [0.2, 0.25) is 5.91 Å². The van der Waals surface area contributed by atoms with Crippen LogP contribution in [-0.4, -0.2) is 20.8 Å². The summed E-state index contributed by atoms with van der Waals surface area (Å²) in [6, 6.07) is 1.08. The Hall–Kier alpha value is -1.95. The van der Waals surface area contributed by atoms with Gasteiger partial charge >= 0.3 is 0 Å². The fourth-order valence-electron chi connectivity index (χ4n) is 2.12. The Morgan fingerprint density at radius 3 is 3.12 bits per heavy atom. The first-order chi connectivity index (χ1) is 8.13. The van der Waals surface area contributed by atoms with Crippen molar-refractivity contribution in [3.05, 3.63) is 23.6 Å². The minimum absolute atomic E-state index is 0.104. The van der Waals surface area contributed by atoms with E-state index in [9.17, 15) is 9.18 Å². The van der Waals surface area contributed by atoms with E-state index in [1.807, 2.05) is 0 Å². The molecule has 6 heteroatoms. The van der Waals surface area contributed by atoms with E-state index in [4.69, 9.17) is 5.11 Å². The van der Waals surface area contributed by atoms with E-state index in [1.54, 1.807) is 19.2 Å². The molecule has 17 heavy (non-hydrogen) atoms. The lowest BCUT2D eigenvalue weighted by molar-refractivity contribution is -0.119. The average Bonchev–Trinajstić information content (AvgIpc) is 2.74. The van der Waals surface area contributed by atoms with Crippen molar-refractivity contribution >= 4 is 22.5 Å². The van der Waals surface area contributed by atoms with Crippen molar-refractivity contribution in [3.8, 4) is 0 Å². The molecule has 2 aromatic rings. The lowest BCUT2D eigenvalue weighted by Gasteiger charge is -2.22. The molecule has 0 saturated carbocycles. The molecule has 88 valence electrons. The molecule has 1 atom stereocenters. The summed E-state index contributed by atoms with van der Waals surface area (Å²) >= 11 is 0. The Morgan fingerprint density at radius 1 is 1.65 bits per heavy atom. The number of rotatable bonds is 1. The second-order valence-electron chi connectivity index (χ2n) is 4.07. The number of aliphatic hydroxyl groups excluding tert-OH is 1. The average molecular weight is 235 g/mol. The van der Waals surface area contributed by atoms with Crippen LogP contribution in [0, 0.1) is 5.82 Å². The summed E-state index contributed by atoms with van der Waals surface area (Å²) in [4.78, 5) is 11.6. The lowest BCUT2D eigenvalue weighted by Crippen LogP contribution is -2.29. The zero-order chi connectivity index (χ0) is 12.2. The van der Waals surface area contributed by atoms with Crippen LogP contribution in [0.2, 0.25) is 0 Å². The second-order valence-corrected chi connectivity index (χ2v) is 4.07. The van der Waals surface area contributed by atoms with Gasteiger partial charge in [-0.05, 0) is 13.0 Å². The summed E-state index contributed by atoms with van der Waals surface area (Å²) in [6.07, 6.45) is 1.56. The number of anilines is 1. The summed E-state index contributed by atoms with van der Waals surface area (Å²) in [5, 5.41) is 16.4. The van der Waals surface area contributed by atoms with Crippen LogP contribution in [0.4, 0.5) is 10.1 Å². The summed E-state index contributed by atoms with van der Waals surface area (Å²) < 4.78 is 15.5. The third-order valence-electron chi connectivity index (χ3n) is 3.06. The number of carbonyl (C=O) groups excluding carboxylic acids is 1. The van der Waals surface area contributed by atoms with Gasteiger partial charge in [0.1, 0.15) is 11.7 Å². The monoisotopic (exact) mass is 235 g/mol. The number of nitrogens with one attached hydrogen (secondary N) is 1. The van der Waals surface area contributed by atoms with Crippen molar-refractivity contribution in [2.45, 2.75) is 19.6 Å². The first-order valence-electron chi connectivity index (χ1n) is 5.23. The lowest BCUT2D eigenvalue weighted by atomic mass is 10.1. The molecule has 1 aliphatic rings. The Bertz CT molecular complexity index is 635. The van der Waals surface area contributed by atoms with Gasteiger partial charge in [-0.2, -0.15) is 5.10 Å². The van der Waals surface area contributed by atoms with E-state index in [-0.39, 0.29) is 17.2 Å². The molecule has 0 aliphatic carbocycles. The molecule has 1 aromatic heterocycles. The maximum atomic E-state index is 14.0. The molecule has 0 fully saturated rings. The molecule has 0 spiro atoms. The van der Waals surface area contributed by atoms with Crippen molar-refractivity contribution in [3.63, 3.8) is 0 Å². The summed E-state index contributed by atoms with van der Waals surface area (Å²) in [6.45, 7) is 1.29. The quantitative estimate of drug-likeness (QED) is 0.780. The minimum Gasteiger partial charge on any atom is -0.392 e. The van der Waals surface area contributed by atoms with E-state index >= 15 is 0 Å². The Kier molecular flexibility index (Phi) is 1.97. The van der Waals surface area contributed by atoms with E-state index in [1.165, 1.54) is 4.68 Å². The third-order valence-corrected chi connectivity index (χ3v) is 3.06. The van der Waals surface area contributed by atoms with Crippen LogP contribution in [0.15, 0.2) is 12.3 Å². The highest BCUT2D eigenvalue weighted by Crippen LogP contribution is 2.34. The molecule has 2 N–H and O–H groups in total. The van der Waals surface area contributed by atoms with Gasteiger partial charge in [-0.15, -0.1) is 0 Å². The first kappa shape index (κ1) is 10.2. The van der Waals surface area contributed by atoms with E-state index in [0.717, 1.165) is 0 Å². The molecule has 2 heterocycles. The molecule has 1 aromatic carbocycles. The second kappa shape index (κ2) is 3.27. The summed E-state index contributed by atoms with van der Waals surface area (Å²) in [7, 11) is 0. The molecule has 0 unspecified atom stereocenters. The number of carbonyl (C=O) groups is 1. The molecular formula is C11H10FN3O2. The predicted octanol–water partition coefficient (Wildman–Crippen LogP) is 1.18. The van der Waals surface area contributed by atoms with Crippen LogP contribution < -0.4 is 5.32 Å². The van der Waals surface area contributed by atoms with Crippen LogP contribution in [0.25, 0.3) is 10.9 Å². The number of hydrogen-bond donors (Lipinski definition) is 2. The van der Waals surface area contributed by atoms with E-state index in [0.29, 0.717) is 10.9 Å². The van der Waals surface area contributed by atoms with Gasteiger partial charge in [-0.25, -0.2) is 4.39 Å². The molecule has 1 amide bonds. The highest BCUT2D eigenvalue weighted by Gasteiger charge is 2.29. The summed E-state index contributed by atoms with van der Waals surface area (Å²) in [5.74, 6) is -0.904. The number of hydrogen-bond acceptors (Lipinski definition) is 3. The van der Waals surface area contributed by atoms with Crippen LogP contribution in [-0.2, 0) is 11.4 Å². The van der Waals surface area contributed by atoms with E-state index in [2.05, 4.69) is 10.4 Å². The van der Waals surface area contributed by atoms with Gasteiger partial charge in [0.05, 0.1) is 18.3 Å². The number of nitrogens with zero attached hydrogens (tertiary/aromatic N) is 2. The smallest absolute Gasteiger partial charge is 0.249 e. The van der Waals surface area contributed by atoms with Crippen LogP contribution in [0.1, 0.15) is 18.5 Å². The predicted molar refractivity (Wildman–Crippen MR) is 59.0 cm³/mol. The zero-order valence-corrected chi connectivity index (χ0v) is 9.07. The van der Waals surface area contributed by atoms with Crippen LogP contribution >= 0.6 is 0 Å². The van der Waals surface area contributed by atoms with Gasteiger partial charge in [-0.1, -0.05) is 0 Å². The van der Waals surface area contributed by atoms with Crippen molar-refractivity contribution in [1.29, 1.82) is 0 Å². The molecule has 5 nitrogen and oxygen atoms in total. The SMILES string of the molecule is C[C@@H]1C(=O)Nc2c(F)c(CO)cc3cnn1c23. The Balaban J connectivity index is 2.42. The maximum Gasteiger partial charge on any atom is 0.249 e. The largest absolute Gasteiger partial charge is 0.392 e. The van der Waals surface area contributed by atoms with Gasteiger partial charge < -0.3 is 10.4 Å².